The molecule has 2 heterocycles. The lowest BCUT2D eigenvalue weighted by molar-refractivity contribution is 0.0679. The summed E-state index contributed by atoms with van der Waals surface area (Å²) in [5, 5.41) is 0. The fraction of sp³-hybridized carbons (Fsp3) is 0.389. The molecule has 1 fully saturated rings. The van der Waals surface area contributed by atoms with Crippen LogP contribution in [0.25, 0.3) is 0 Å². The maximum Gasteiger partial charge on any atom is 0.257 e. The van der Waals surface area contributed by atoms with E-state index in [1.54, 1.807) is 24.3 Å². The molecular weight excluding hydrogens is 297 g/mol. The highest BCUT2D eigenvalue weighted by atomic mass is 19.1. The summed E-state index contributed by atoms with van der Waals surface area (Å²) in [4.78, 5) is 14.1. The van der Waals surface area contributed by atoms with E-state index in [0.717, 1.165) is 32.4 Å². The fourth-order valence-electron chi connectivity index (χ4n) is 2.89. The Balaban J connectivity index is 1.41. The number of rotatable bonds is 5. The van der Waals surface area contributed by atoms with Crippen molar-refractivity contribution in [1.82, 2.24) is 4.90 Å². The van der Waals surface area contributed by atoms with E-state index in [1.807, 2.05) is 4.90 Å². The minimum atomic E-state index is -0.326. The van der Waals surface area contributed by atoms with Gasteiger partial charge in [-0.2, -0.15) is 0 Å². The quantitative estimate of drug-likeness (QED) is 0.843. The highest BCUT2D eigenvalue weighted by Crippen LogP contribution is 2.23. The molecule has 1 saturated heterocycles. The molecule has 4 nitrogen and oxygen atoms in total. The number of carbonyl (C=O) groups is 1. The van der Waals surface area contributed by atoms with Crippen LogP contribution in [0, 0.1) is 11.7 Å². The second-order valence-corrected chi connectivity index (χ2v) is 5.82. The van der Waals surface area contributed by atoms with Crippen molar-refractivity contribution in [2.45, 2.75) is 19.3 Å². The van der Waals surface area contributed by atoms with Gasteiger partial charge in [0.1, 0.15) is 6.26 Å². The lowest BCUT2D eigenvalue weighted by Gasteiger charge is -2.31. The van der Waals surface area contributed by atoms with Crippen LogP contribution in [-0.2, 0) is 0 Å². The Bertz CT molecular complexity index is 633. The smallest absolute Gasteiger partial charge is 0.257 e. The molecule has 0 aliphatic carbocycles. The molecule has 1 aromatic heterocycles. The normalized spacial score (nSPS) is 15.6. The average molecular weight is 317 g/mol. The summed E-state index contributed by atoms with van der Waals surface area (Å²) in [6.07, 6.45) is 5.77. The van der Waals surface area contributed by atoms with Crippen LogP contribution in [0.1, 0.15) is 29.6 Å². The Labute approximate surface area is 134 Å². The Morgan fingerprint density at radius 2 is 2.04 bits per heavy atom. The van der Waals surface area contributed by atoms with Gasteiger partial charge in [0, 0.05) is 13.1 Å². The number of piperidine rings is 1. The minimum Gasteiger partial charge on any atom is -0.491 e. The fourth-order valence-corrected chi connectivity index (χ4v) is 2.89. The van der Waals surface area contributed by atoms with E-state index in [0.29, 0.717) is 23.8 Å². The third kappa shape index (κ3) is 3.92. The number of furan rings is 1. The maximum atomic E-state index is 13.5. The van der Waals surface area contributed by atoms with Crippen LogP contribution in [0.5, 0.6) is 5.75 Å². The average Bonchev–Trinajstić information content (AvgIpc) is 3.11. The van der Waals surface area contributed by atoms with Gasteiger partial charge in [-0.25, -0.2) is 4.39 Å². The topological polar surface area (TPSA) is 42.7 Å². The van der Waals surface area contributed by atoms with Gasteiger partial charge in [0.05, 0.1) is 18.4 Å². The molecule has 23 heavy (non-hydrogen) atoms. The largest absolute Gasteiger partial charge is 0.491 e. The van der Waals surface area contributed by atoms with Crippen LogP contribution in [0.15, 0.2) is 47.3 Å². The van der Waals surface area contributed by atoms with Gasteiger partial charge in [-0.05, 0) is 43.4 Å². The van der Waals surface area contributed by atoms with E-state index in [2.05, 4.69) is 0 Å². The van der Waals surface area contributed by atoms with Crippen LogP contribution in [0.2, 0.25) is 0 Å². The molecular formula is C18H20FNO3. The predicted octanol–water partition coefficient (Wildman–Crippen LogP) is 3.74. The summed E-state index contributed by atoms with van der Waals surface area (Å²) < 4.78 is 23.9. The van der Waals surface area contributed by atoms with Gasteiger partial charge in [-0.1, -0.05) is 12.1 Å². The molecule has 3 rings (SSSR count). The molecule has 0 atom stereocenters. The van der Waals surface area contributed by atoms with Gasteiger partial charge in [-0.15, -0.1) is 0 Å². The van der Waals surface area contributed by atoms with Crippen LogP contribution >= 0.6 is 0 Å². The summed E-state index contributed by atoms with van der Waals surface area (Å²) in [5.74, 6) is 0.517. The van der Waals surface area contributed by atoms with Gasteiger partial charge < -0.3 is 14.1 Å². The number of hydrogen-bond donors (Lipinski definition) is 0. The van der Waals surface area contributed by atoms with Crippen molar-refractivity contribution >= 4 is 5.91 Å². The van der Waals surface area contributed by atoms with E-state index >= 15 is 0 Å². The van der Waals surface area contributed by atoms with Gasteiger partial charge in [-0.3, -0.25) is 4.79 Å². The SMILES string of the molecule is O=C(c1ccoc1)N1CCC(CCOc2ccccc2F)CC1. The first-order chi connectivity index (χ1) is 11.2. The third-order valence-corrected chi connectivity index (χ3v) is 4.29. The number of ether oxygens (including phenoxy) is 1. The monoisotopic (exact) mass is 317 g/mol. The first-order valence-electron chi connectivity index (χ1n) is 7.93. The Morgan fingerprint density at radius 3 is 2.74 bits per heavy atom. The van der Waals surface area contributed by atoms with E-state index < -0.39 is 0 Å². The maximum absolute atomic E-state index is 13.5. The molecule has 0 radical (unpaired) electrons. The van der Waals surface area contributed by atoms with Crippen molar-refractivity contribution in [2.75, 3.05) is 19.7 Å². The van der Waals surface area contributed by atoms with Crippen LogP contribution in [-0.4, -0.2) is 30.5 Å². The zero-order valence-electron chi connectivity index (χ0n) is 12.9. The molecule has 0 bridgehead atoms. The Hall–Kier alpha value is -2.30. The first-order valence-corrected chi connectivity index (χ1v) is 7.93. The number of para-hydroxylation sites is 1. The Morgan fingerprint density at radius 1 is 1.26 bits per heavy atom. The zero-order valence-corrected chi connectivity index (χ0v) is 12.9. The molecule has 1 aliphatic rings. The molecule has 0 spiro atoms. The summed E-state index contributed by atoms with van der Waals surface area (Å²) >= 11 is 0. The number of nitrogens with zero attached hydrogens (tertiary/aromatic N) is 1. The molecule has 5 heteroatoms. The second kappa shape index (κ2) is 7.31. The highest BCUT2D eigenvalue weighted by molar-refractivity contribution is 5.93. The first kappa shape index (κ1) is 15.6. The number of carbonyl (C=O) groups excluding carboxylic acids is 1. The molecule has 0 N–H and O–H groups in total. The van der Waals surface area contributed by atoms with Crippen molar-refractivity contribution in [3.63, 3.8) is 0 Å². The van der Waals surface area contributed by atoms with Gasteiger partial charge in [0.25, 0.3) is 5.91 Å². The standard InChI is InChI=1S/C18H20FNO3/c19-16-3-1-2-4-17(16)23-12-7-14-5-9-20(10-6-14)18(21)15-8-11-22-13-15/h1-4,8,11,13-14H,5-7,9-10,12H2. The van der Waals surface area contributed by atoms with Crippen molar-refractivity contribution < 1.29 is 18.3 Å². The molecule has 1 amide bonds. The van der Waals surface area contributed by atoms with Crippen molar-refractivity contribution in [3.8, 4) is 5.75 Å². The van der Waals surface area contributed by atoms with Gasteiger partial charge in [0.15, 0.2) is 11.6 Å². The van der Waals surface area contributed by atoms with E-state index in [4.69, 9.17) is 9.15 Å². The van der Waals surface area contributed by atoms with Crippen molar-refractivity contribution in [3.05, 3.63) is 54.2 Å². The summed E-state index contributed by atoms with van der Waals surface area (Å²) in [6, 6.07) is 8.14. The predicted molar refractivity (Wildman–Crippen MR) is 83.8 cm³/mol. The summed E-state index contributed by atoms with van der Waals surface area (Å²) in [7, 11) is 0. The van der Waals surface area contributed by atoms with E-state index in [9.17, 15) is 9.18 Å². The van der Waals surface area contributed by atoms with Gasteiger partial charge in [0.2, 0.25) is 0 Å². The Kier molecular flexibility index (Phi) is 4.95. The molecule has 1 aliphatic heterocycles. The number of amides is 1. The zero-order chi connectivity index (χ0) is 16.1. The second-order valence-electron chi connectivity index (χ2n) is 5.82. The number of benzene rings is 1. The minimum absolute atomic E-state index is 0.0276. The lowest BCUT2D eigenvalue weighted by atomic mass is 9.93. The van der Waals surface area contributed by atoms with Crippen LogP contribution in [0.4, 0.5) is 4.39 Å². The molecule has 0 saturated carbocycles. The van der Waals surface area contributed by atoms with Gasteiger partial charge >= 0.3 is 0 Å². The molecule has 122 valence electrons. The molecule has 2 aromatic rings. The number of likely N-dealkylation sites (tertiary alicyclic amines) is 1. The van der Waals surface area contributed by atoms with Crippen molar-refractivity contribution in [1.29, 1.82) is 0 Å². The lowest BCUT2D eigenvalue weighted by Crippen LogP contribution is -2.38. The number of hydrogen-bond acceptors (Lipinski definition) is 3. The highest BCUT2D eigenvalue weighted by Gasteiger charge is 2.24. The van der Waals surface area contributed by atoms with Crippen LogP contribution in [0.3, 0.4) is 0 Å². The molecule has 0 unspecified atom stereocenters. The van der Waals surface area contributed by atoms with E-state index in [1.165, 1.54) is 18.6 Å². The van der Waals surface area contributed by atoms with E-state index in [-0.39, 0.29) is 11.7 Å². The summed E-state index contributed by atoms with van der Waals surface area (Å²) in [6.45, 7) is 1.99. The number of halogens is 1. The third-order valence-electron chi connectivity index (χ3n) is 4.29. The van der Waals surface area contributed by atoms with Crippen molar-refractivity contribution in [2.24, 2.45) is 5.92 Å². The molecule has 1 aromatic carbocycles. The summed E-state index contributed by atoms with van der Waals surface area (Å²) in [5.41, 5.74) is 0.603. The van der Waals surface area contributed by atoms with Crippen LogP contribution < -0.4 is 4.74 Å².